The lowest BCUT2D eigenvalue weighted by molar-refractivity contribution is 1.16. The quantitative estimate of drug-likeness (QED) is 0.736. The lowest BCUT2D eigenvalue weighted by Crippen LogP contribution is -2.00. The van der Waals surface area contributed by atoms with E-state index in [4.69, 9.17) is 17.3 Å². The molecule has 0 aliphatic heterocycles. The number of nitrogens with two attached hydrogens (primary N) is 1. The van der Waals surface area contributed by atoms with Crippen LogP contribution in [0.1, 0.15) is 0 Å². The summed E-state index contributed by atoms with van der Waals surface area (Å²) in [6.07, 6.45) is 3.11. The molecule has 100 valence electrons. The van der Waals surface area contributed by atoms with Crippen molar-refractivity contribution < 1.29 is 0 Å². The third-order valence-electron chi connectivity index (χ3n) is 2.79. The molecule has 0 unspecified atom stereocenters. The Morgan fingerprint density at radius 3 is 2.85 bits per heavy atom. The van der Waals surface area contributed by atoms with Crippen molar-refractivity contribution in [1.29, 1.82) is 0 Å². The van der Waals surface area contributed by atoms with Crippen LogP contribution in [0.25, 0.3) is 10.9 Å². The molecule has 0 aliphatic rings. The van der Waals surface area contributed by atoms with Crippen molar-refractivity contribution in [2.45, 2.75) is 0 Å². The van der Waals surface area contributed by atoms with E-state index in [-0.39, 0.29) is 0 Å². The van der Waals surface area contributed by atoms with Crippen molar-refractivity contribution in [1.82, 2.24) is 15.0 Å². The van der Waals surface area contributed by atoms with Gasteiger partial charge in [0.15, 0.2) is 0 Å². The van der Waals surface area contributed by atoms with E-state index < -0.39 is 0 Å². The number of nitrogens with zero attached hydrogens (tertiary/aromatic N) is 3. The summed E-state index contributed by atoms with van der Waals surface area (Å²) >= 11 is 9.52. The van der Waals surface area contributed by atoms with Gasteiger partial charge in [-0.15, -0.1) is 0 Å². The highest BCUT2D eigenvalue weighted by Crippen LogP contribution is 2.32. The molecule has 3 aromatic rings. The number of pyridine rings is 1. The zero-order chi connectivity index (χ0) is 14.1. The number of rotatable bonds is 2. The number of fused-ring (bicyclic) bond motifs is 1. The van der Waals surface area contributed by atoms with E-state index in [1.165, 1.54) is 6.33 Å². The van der Waals surface area contributed by atoms with Gasteiger partial charge in [0.25, 0.3) is 0 Å². The van der Waals surface area contributed by atoms with Crippen molar-refractivity contribution in [3.8, 4) is 0 Å². The molecular weight excluding hydrogens is 342 g/mol. The first-order valence-corrected chi connectivity index (χ1v) is 6.90. The van der Waals surface area contributed by atoms with Gasteiger partial charge in [0.2, 0.25) is 0 Å². The van der Waals surface area contributed by atoms with Crippen molar-refractivity contribution in [3.63, 3.8) is 0 Å². The zero-order valence-corrected chi connectivity index (χ0v) is 12.5. The van der Waals surface area contributed by atoms with E-state index in [0.717, 1.165) is 16.6 Å². The number of hydrogen-bond acceptors (Lipinski definition) is 5. The second-order valence-electron chi connectivity index (χ2n) is 4.04. The molecule has 3 N–H and O–H groups in total. The van der Waals surface area contributed by atoms with E-state index in [0.29, 0.717) is 21.1 Å². The fourth-order valence-electron chi connectivity index (χ4n) is 1.84. The van der Waals surface area contributed by atoms with Crippen molar-refractivity contribution in [2.75, 3.05) is 11.1 Å². The molecule has 0 atom stereocenters. The molecule has 5 nitrogen and oxygen atoms in total. The summed E-state index contributed by atoms with van der Waals surface area (Å²) in [7, 11) is 0. The number of nitrogens with one attached hydrogen (secondary N) is 1. The maximum absolute atomic E-state index is 6.17. The molecule has 2 aromatic heterocycles. The van der Waals surface area contributed by atoms with Crippen LogP contribution >= 0.6 is 27.5 Å². The summed E-state index contributed by atoms with van der Waals surface area (Å²) in [6.45, 7) is 0. The minimum absolute atomic E-state index is 0.369. The zero-order valence-electron chi connectivity index (χ0n) is 10.1. The maximum Gasteiger partial charge on any atom is 0.150 e. The van der Waals surface area contributed by atoms with E-state index in [1.807, 2.05) is 24.3 Å². The van der Waals surface area contributed by atoms with E-state index >= 15 is 0 Å². The van der Waals surface area contributed by atoms with Crippen LogP contribution in [0.4, 0.5) is 17.3 Å². The van der Waals surface area contributed by atoms with Crippen LogP contribution in [-0.4, -0.2) is 15.0 Å². The summed E-state index contributed by atoms with van der Waals surface area (Å²) in [5.41, 5.74) is 7.30. The summed E-state index contributed by atoms with van der Waals surface area (Å²) in [6, 6.07) is 7.42. The summed E-state index contributed by atoms with van der Waals surface area (Å²) in [5.74, 6) is 0.945. The molecule has 0 radical (unpaired) electrons. The van der Waals surface area contributed by atoms with Gasteiger partial charge in [-0.1, -0.05) is 11.6 Å². The number of benzene rings is 1. The number of nitrogen functional groups attached to an aromatic ring is 1. The lowest BCUT2D eigenvalue weighted by atomic mass is 10.2. The Hall–Kier alpha value is -1.92. The second kappa shape index (κ2) is 5.22. The van der Waals surface area contributed by atoms with Gasteiger partial charge < -0.3 is 11.1 Å². The van der Waals surface area contributed by atoms with Crippen molar-refractivity contribution in [3.05, 3.63) is 46.3 Å². The highest BCUT2D eigenvalue weighted by Gasteiger charge is 2.10. The standard InChI is InChI=1S/C13H9BrClN5/c14-10-12(16)18-6-19-13(10)20-9-4-3-8(15)7-2-1-5-17-11(7)9/h1-6H,(H3,16,18,19,20). The van der Waals surface area contributed by atoms with Gasteiger partial charge in [0, 0.05) is 11.6 Å². The maximum atomic E-state index is 6.17. The van der Waals surface area contributed by atoms with Gasteiger partial charge in [0.05, 0.1) is 16.2 Å². The summed E-state index contributed by atoms with van der Waals surface area (Å²) in [4.78, 5) is 12.4. The van der Waals surface area contributed by atoms with Crippen molar-refractivity contribution >= 4 is 55.8 Å². The molecule has 0 saturated carbocycles. The fraction of sp³-hybridized carbons (Fsp3) is 0. The first kappa shape index (κ1) is 13.1. The highest BCUT2D eigenvalue weighted by atomic mass is 79.9. The lowest BCUT2D eigenvalue weighted by Gasteiger charge is -2.11. The normalized spacial score (nSPS) is 10.7. The SMILES string of the molecule is Nc1ncnc(Nc2ccc(Cl)c3cccnc23)c1Br. The molecule has 0 amide bonds. The Labute approximate surface area is 128 Å². The molecule has 0 bridgehead atoms. The first-order valence-electron chi connectivity index (χ1n) is 5.73. The average Bonchev–Trinajstić information content (AvgIpc) is 2.47. The molecule has 3 rings (SSSR count). The van der Waals surface area contributed by atoms with Gasteiger partial charge in [-0.2, -0.15) is 0 Å². The Kier molecular flexibility index (Phi) is 3.42. The topological polar surface area (TPSA) is 76.7 Å². The highest BCUT2D eigenvalue weighted by molar-refractivity contribution is 9.10. The molecule has 0 spiro atoms. The largest absolute Gasteiger partial charge is 0.383 e. The molecular formula is C13H9BrClN5. The van der Waals surface area contributed by atoms with Crippen LogP contribution in [0.2, 0.25) is 5.02 Å². The van der Waals surface area contributed by atoms with Gasteiger partial charge >= 0.3 is 0 Å². The number of aromatic nitrogens is 3. The number of hydrogen-bond donors (Lipinski definition) is 2. The molecule has 20 heavy (non-hydrogen) atoms. The Balaban J connectivity index is 2.12. The predicted octanol–water partition coefficient (Wildman–Crippen LogP) is 3.77. The van der Waals surface area contributed by atoms with Gasteiger partial charge in [-0.25, -0.2) is 9.97 Å². The predicted molar refractivity (Wildman–Crippen MR) is 84.2 cm³/mol. The molecule has 2 heterocycles. The minimum Gasteiger partial charge on any atom is -0.383 e. The summed E-state index contributed by atoms with van der Waals surface area (Å²) in [5, 5.41) is 4.71. The molecule has 1 aromatic carbocycles. The molecule has 7 heteroatoms. The van der Waals surface area contributed by atoms with Crippen LogP contribution in [-0.2, 0) is 0 Å². The Bertz CT molecular complexity index is 793. The van der Waals surface area contributed by atoms with Crippen LogP contribution < -0.4 is 11.1 Å². The van der Waals surface area contributed by atoms with Gasteiger partial charge in [0.1, 0.15) is 22.4 Å². The van der Waals surface area contributed by atoms with Crippen LogP contribution in [0, 0.1) is 0 Å². The molecule has 0 aliphatic carbocycles. The summed E-state index contributed by atoms with van der Waals surface area (Å²) < 4.78 is 0.610. The van der Waals surface area contributed by atoms with E-state index in [1.54, 1.807) is 6.20 Å². The number of anilines is 3. The van der Waals surface area contributed by atoms with Crippen LogP contribution in [0.3, 0.4) is 0 Å². The van der Waals surface area contributed by atoms with E-state index in [9.17, 15) is 0 Å². The Morgan fingerprint density at radius 2 is 2.00 bits per heavy atom. The van der Waals surface area contributed by atoms with E-state index in [2.05, 4.69) is 36.2 Å². The van der Waals surface area contributed by atoms with Crippen molar-refractivity contribution in [2.24, 2.45) is 0 Å². The van der Waals surface area contributed by atoms with Crippen LogP contribution in [0.15, 0.2) is 41.3 Å². The monoisotopic (exact) mass is 349 g/mol. The smallest absolute Gasteiger partial charge is 0.150 e. The van der Waals surface area contributed by atoms with Gasteiger partial charge in [-0.05, 0) is 40.2 Å². The second-order valence-corrected chi connectivity index (χ2v) is 5.24. The van der Waals surface area contributed by atoms with Crippen LogP contribution in [0.5, 0.6) is 0 Å². The molecule has 0 fully saturated rings. The first-order chi connectivity index (χ1) is 9.66. The number of halogens is 2. The fourth-order valence-corrected chi connectivity index (χ4v) is 2.36. The Morgan fingerprint density at radius 1 is 1.15 bits per heavy atom. The third-order valence-corrected chi connectivity index (χ3v) is 3.90. The van der Waals surface area contributed by atoms with Gasteiger partial charge in [-0.3, -0.25) is 4.98 Å². The molecule has 0 saturated heterocycles. The average molecular weight is 351 g/mol. The third kappa shape index (κ3) is 2.28. The minimum atomic E-state index is 0.369.